The average Bonchev–Trinajstić information content (AvgIpc) is 2.82. The molecule has 3 rings (SSSR count). The Labute approximate surface area is 99.4 Å². The number of ether oxygens (including phenoxy) is 1. The molecular formula is C13H14O2S. The predicted octanol–water partition coefficient (Wildman–Crippen LogP) is 2.77. The standard InChI is InChI=1S/C13H14O2S/c14-11-7-13(9-5-6-16-8-9)15-12-4-2-1-3-10(11)12/h1-4,9,13H,5-8H2. The van der Waals surface area contributed by atoms with E-state index in [1.807, 2.05) is 36.0 Å². The van der Waals surface area contributed by atoms with Crippen molar-refractivity contribution in [2.45, 2.75) is 18.9 Å². The Kier molecular flexibility index (Phi) is 2.64. The highest BCUT2D eigenvalue weighted by Gasteiger charge is 2.33. The summed E-state index contributed by atoms with van der Waals surface area (Å²) >= 11 is 1.97. The van der Waals surface area contributed by atoms with Gasteiger partial charge >= 0.3 is 0 Å². The van der Waals surface area contributed by atoms with Crippen molar-refractivity contribution in [3.05, 3.63) is 29.8 Å². The maximum Gasteiger partial charge on any atom is 0.170 e. The Hall–Kier alpha value is -0.960. The van der Waals surface area contributed by atoms with E-state index in [1.165, 1.54) is 12.2 Å². The van der Waals surface area contributed by atoms with E-state index in [4.69, 9.17) is 4.74 Å². The number of fused-ring (bicyclic) bond motifs is 1. The summed E-state index contributed by atoms with van der Waals surface area (Å²) in [5.74, 6) is 3.92. The summed E-state index contributed by atoms with van der Waals surface area (Å²) < 4.78 is 5.95. The van der Waals surface area contributed by atoms with Crippen LogP contribution in [0.3, 0.4) is 0 Å². The molecule has 1 saturated heterocycles. The zero-order chi connectivity index (χ0) is 11.0. The SMILES string of the molecule is O=C1CC(C2CCSC2)Oc2ccccc21. The molecule has 0 spiro atoms. The molecule has 2 heterocycles. The second-order valence-electron chi connectivity index (χ2n) is 4.40. The van der Waals surface area contributed by atoms with E-state index >= 15 is 0 Å². The van der Waals surface area contributed by atoms with Crippen LogP contribution in [0.1, 0.15) is 23.2 Å². The van der Waals surface area contributed by atoms with E-state index in [-0.39, 0.29) is 11.9 Å². The van der Waals surface area contributed by atoms with Gasteiger partial charge in [-0.15, -0.1) is 0 Å². The molecule has 2 unspecified atom stereocenters. The lowest BCUT2D eigenvalue weighted by molar-refractivity contribution is 0.0761. The minimum Gasteiger partial charge on any atom is -0.489 e. The van der Waals surface area contributed by atoms with Crippen molar-refractivity contribution in [2.24, 2.45) is 5.92 Å². The van der Waals surface area contributed by atoms with Crippen molar-refractivity contribution in [2.75, 3.05) is 11.5 Å². The molecule has 2 aliphatic rings. The van der Waals surface area contributed by atoms with Crippen LogP contribution in [0.15, 0.2) is 24.3 Å². The molecule has 2 atom stereocenters. The highest BCUT2D eigenvalue weighted by atomic mass is 32.2. The van der Waals surface area contributed by atoms with Crippen molar-refractivity contribution < 1.29 is 9.53 Å². The van der Waals surface area contributed by atoms with Crippen molar-refractivity contribution in [3.8, 4) is 5.75 Å². The minimum absolute atomic E-state index is 0.109. The molecule has 2 aliphatic heterocycles. The van der Waals surface area contributed by atoms with E-state index in [2.05, 4.69) is 0 Å². The third-order valence-corrected chi connectivity index (χ3v) is 4.53. The van der Waals surface area contributed by atoms with Crippen molar-refractivity contribution in [1.29, 1.82) is 0 Å². The Balaban J connectivity index is 1.85. The van der Waals surface area contributed by atoms with Crippen LogP contribution in [0.25, 0.3) is 0 Å². The number of Topliss-reactive ketones (excluding diaryl/α,β-unsaturated/α-hetero) is 1. The lowest BCUT2D eigenvalue weighted by atomic mass is 9.92. The quantitative estimate of drug-likeness (QED) is 0.747. The van der Waals surface area contributed by atoms with Crippen molar-refractivity contribution in [1.82, 2.24) is 0 Å². The van der Waals surface area contributed by atoms with Crippen LogP contribution in [0, 0.1) is 5.92 Å². The monoisotopic (exact) mass is 234 g/mol. The molecule has 1 aromatic rings. The summed E-state index contributed by atoms with van der Waals surface area (Å²) in [5, 5.41) is 0. The van der Waals surface area contributed by atoms with Gasteiger partial charge in [-0.3, -0.25) is 4.79 Å². The van der Waals surface area contributed by atoms with E-state index in [9.17, 15) is 4.79 Å². The summed E-state index contributed by atoms with van der Waals surface area (Å²) in [5.41, 5.74) is 0.754. The van der Waals surface area contributed by atoms with Crippen LogP contribution in [-0.4, -0.2) is 23.4 Å². The molecule has 1 aromatic carbocycles. The van der Waals surface area contributed by atoms with Crippen LogP contribution in [0.5, 0.6) is 5.75 Å². The fraction of sp³-hybridized carbons (Fsp3) is 0.462. The van der Waals surface area contributed by atoms with Gasteiger partial charge in [-0.2, -0.15) is 11.8 Å². The maximum absolute atomic E-state index is 12.0. The molecule has 0 N–H and O–H groups in total. The number of hydrogen-bond donors (Lipinski definition) is 0. The summed E-state index contributed by atoms with van der Waals surface area (Å²) in [4.78, 5) is 12.0. The molecule has 1 fully saturated rings. The van der Waals surface area contributed by atoms with Gasteiger partial charge in [-0.05, 0) is 30.1 Å². The number of para-hydroxylation sites is 1. The fourth-order valence-corrected chi connectivity index (χ4v) is 3.73. The molecular weight excluding hydrogens is 220 g/mol. The van der Waals surface area contributed by atoms with Crippen LogP contribution in [-0.2, 0) is 0 Å². The first kappa shape index (κ1) is 10.2. The van der Waals surface area contributed by atoms with E-state index in [0.717, 1.165) is 17.1 Å². The number of hydrogen-bond acceptors (Lipinski definition) is 3. The molecule has 3 heteroatoms. The Morgan fingerprint density at radius 3 is 3.00 bits per heavy atom. The summed E-state index contributed by atoms with van der Waals surface area (Å²) in [6, 6.07) is 7.59. The highest BCUT2D eigenvalue weighted by molar-refractivity contribution is 7.99. The summed E-state index contributed by atoms with van der Waals surface area (Å²) in [6.45, 7) is 0. The second kappa shape index (κ2) is 4.13. The van der Waals surface area contributed by atoms with Gasteiger partial charge in [0.1, 0.15) is 11.9 Å². The fourth-order valence-electron chi connectivity index (χ4n) is 2.41. The van der Waals surface area contributed by atoms with Gasteiger partial charge in [0.2, 0.25) is 0 Å². The van der Waals surface area contributed by atoms with Crippen LogP contribution in [0.2, 0.25) is 0 Å². The maximum atomic E-state index is 12.0. The number of carbonyl (C=O) groups is 1. The molecule has 2 nitrogen and oxygen atoms in total. The Morgan fingerprint density at radius 2 is 2.19 bits per heavy atom. The molecule has 0 bridgehead atoms. The highest BCUT2D eigenvalue weighted by Crippen LogP contribution is 2.35. The minimum atomic E-state index is 0.109. The molecule has 0 saturated carbocycles. The number of ketones is 1. The Bertz CT molecular complexity index is 410. The van der Waals surface area contributed by atoms with Gasteiger partial charge < -0.3 is 4.74 Å². The topological polar surface area (TPSA) is 26.3 Å². The van der Waals surface area contributed by atoms with Gasteiger partial charge in [-0.1, -0.05) is 12.1 Å². The van der Waals surface area contributed by atoms with Crippen LogP contribution in [0.4, 0.5) is 0 Å². The van der Waals surface area contributed by atoms with Crippen molar-refractivity contribution in [3.63, 3.8) is 0 Å². The summed E-state index contributed by atoms with van der Waals surface area (Å²) in [6.07, 6.45) is 1.85. The molecule has 84 valence electrons. The van der Waals surface area contributed by atoms with Gasteiger partial charge in [0, 0.05) is 12.3 Å². The smallest absolute Gasteiger partial charge is 0.170 e. The zero-order valence-corrected chi connectivity index (χ0v) is 9.83. The van der Waals surface area contributed by atoms with Gasteiger partial charge in [0.25, 0.3) is 0 Å². The number of carbonyl (C=O) groups excluding carboxylic acids is 1. The lowest BCUT2D eigenvalue weighted by Crippen LogP contribution is -2.33. The van der Waals surface area contributed by atoms with Gasteiger partial charge in [0.15, 0.2) is 5.78 Å². The van der Waals surface area contributed by atoms with Crippen molar-refractivity contribution >= 4 is 17.5 Å². The van der Waals surface area contributed by atoms with E-state index in [0.29, 0.717) is 12.3 Å². The first-order valence-electron chi connectivity index (χ1n) is 5.71. The second-order valence-corrected chi connectivity index (χ2v) is 5.55. The first-order valence-corrected chi connectivity index (χ1v) is 6.86. The molecule has 0 radical (unpaired) electrons. The van der Waals surface area contributed by atoms with E-state index in [1.54, 1.807) is 0 Å². The molecule has 0 aliphatic carbocycles. The first-order chi connectivity index (χ1) is 7.84. The van der Waals surface area contributed by atoms with Gasteiger partial charge in [0.05, 0.1) is 5.56 Å². The largest absolute Gasteiger partial charge is 0.489 e. The predicted molar refractivity (Wildman–Crippen MR) is 65.2 cm³/mol. The average molecular weight is 234 g/mol. The van der Waals surface area contributed by atoms with Crippen LogP contribution < -0.4 is 4.74 Å². The Morgan fingerprint density at radius 1 is 1.31 bits per heavy atom. The summed E-state index contributed by atoms with van der Waals surface area (Å²) in [7, 11) is 0. The lowest BCUT2D eigenvalue weighted by Gasteiger charge is -2.28. The molecule has 0 amide bonds. The third kappa shape index (κ3) is 1.73. The molecule has 16 heavy (non-hydrogen) atoms. The van der Waals surface area contributed by atoms with Gasteiger partial charge in [-0.25, -0.2) is 0 Å². The third-order valence-electron chi connectivity index (χ3n) is 3.34. The molecule has 0 aromatic heterocycles. The number of rotatable bonds is 1. The number of thioether (sulfide) groups is 1. The van der Waals surface area contributed by atoms with Crippen LogP contribution >= 0.6 is 11.8 Å². The zero-order valence-electron chi connectivity index (χ0n) is 9.02. The number of benzene rings is 1. The van der Waals surface area contributed by atoms with E-state index < -0.39 is 0 Å². The normalized spacial score (nSPS) is 28.6.